The van der Waals surface area contributed by atoms with Gasteiger partial charge in [-0.2, -0.15) is 0 Å². The van der Waals surface area contributed by atoms with Crippen LogP contribution in [0.4, 0.5) is 0 Å². The second-order valence-electron chi connectivity index (χ2n) is 10.8. The summed E-state index contributed by atoms with van der Waals surface area (Å²) in [7, 11) is 0. The van der Waals surface area contributed by atoms with E-state index in [-0.39, 0.29) is 11.9 Å². The molecule has 0 bridgehead atoms. The molecule has 1 saturated heterocycles. The van der Waals surface area contributed by atoms with E-state index >= 15 is 0 Å². The zero-order valence-electron chi connectivity index (χ0n) is 20.6. The molecule has 0 aromatic heterocycles. The fraction of sp³-hybridized carbons (Fsp3) is 0.500. The first kappa shape index (κ1) is 23.7. The van der Waals surface area contributed by atoms with E-state index in [0.717, 1.165) is 49.4 Å². The van der Waals surface area contributed by atoms with Crippen LogP contribution >= 0.6 is 0 Å². The van der Waals surface area contributed by atoms with Gasteiger partial charge in [-0.15, -0.1) is 0 Å². The molecule has 2 aliphatic heterocycles. The third kappa shape index (κ3) is 5.36. The van der Waals surface area contributed by atoms with Crippen molar-refractivity contribution >= 4 is 38.8 Å². The van der Waals surface area contributed by atoms with Crippen LogP contribution in [0.3, 0.4) is 0 Å². The molecule has 0 spiro atoms. The van der Waals surface area contributed by atoms with Crippen LogP contribution in [0.1, 0.15) is 58.4 Å². The third-order valence-electron chi connectivity index (χ3n) is 6.46. The molecule has 32 heavy (non-hydrogen) atoms. The summed E-state index contributed by atoms with van der Waals surface area (Å²) < 4.78 is 20.4. The summed E-state index contributed by atoms with van der Waals surface area (Å²) in [5.74, 6) is 1.98. The maximum atomic E-state index is 6.53. The molecule has 0 saturated carbocycles. The van der Waals surface area contributed by atoms with Crippen molar-refractivity contribution in [1.29, 1.82) is 0 Å². The SMILES string of the molecule is CC(C)=CCC[C@]1(C)C=Cc2c(ccc3c[c]([Sn]([CH3])([CH3])[CH3])c(OC4CCCCO4)cc23)O1. The minimum absolute atomic E-state index is 0.127. The number of allylic oxidation sites excluding steroid dienone is 2. The number of rotatable bonds is 6. The van der Waals surface area contributed by atoms with Crippen LogP contribution in [0.25, 0.3) is 16.8 Å². The summed E-state index contributed by atoms with van der Waals surface area (Å²) in [4.78, 5) is 7.34. The van der Waals surface area contributed by atoms with Crippen LogP contribution in [0.15, 0.2) is 42.0 Å². The van der Waals surface area contributed by atoms with Crippen LogP contribution in [-0.4, -0.2) is 36.9 Å². The van der Waals surface area contributed by atoms with E-state index in [1.165, 1.54) is 26.3 Å². The summed E-state index contributed by atoms with van der Waals surface area (Å²) in [5.41, 5.74) is 2.24. The van der Waals surface area contributed by atoms with Gasteiger partial charge >= 0.3 is 184 Å². The standard InChI is InChI=1S/C25H29O3.3CH3.Sn/c1-18(2)7-6-14-25(3)15-13-21-22-17-20(27-24-8-4-5-16-26-24)11-9-19(22)10-12-23(21)28-25;;;;/h7,9-10,12-13,15,17,24H,4-6,8,14,16H2,1-3H3;3*1H3;/t24?,25-;;;;/m1..../s1. The maximum absolute atomic E-state index is 6.53. The molecule has 3 nitrogen and oxygen atoms in total. The minimum atomic E-state index is -2.40. The van der Waals surface area contributed by atoms with Gasteiger partial charge in [-0.25, -0.2) is 0 Å². The molecular weight excluding hydrogens is 503 g/mol. The van der Waals surface area contributed by atoms with Crippen molar-refractivity contribution in [2.45, 2.75) is 79.6 Å². The zero-order valence-corrected chi connectivity index (χ0v) is 23.4. The molecule has 2 atom stereocenters. The van der Waals surface area contributed by atoms with Gasteiger partial charge in [0.1, 0.15) is 0 Å². The predicted molar refractivity (Wildman–Crippen MR) is 138 cm³/mol. The number of ether oxygens (including phenoxy) is 3. The zero-order chi connectivity index (χ0) is 22.9. The number of benzene rings is 2. The number of hydrogen-bond acceptors (Lipinski definition) is 3. The molecular formula is C28H38O3Sn. The van der Waals surface area contributed by atoms with Crippen molar-refractivity contribution in [2.24, 2.45) is 0 Å². The molecule has 0 amide bonds. The van der Waals surface area contributed by atoms with E-state index in [1.54, 1.807) is 0 Å². The Hall–Kier alpha value is -1.46. The Kier molecular flexibility index (Phi) is 6.97. The normalized spacial score (nSPS) is 22.9. The van der Waals surface area contributed by atoms with Gasteiger partial charge in [0.15, 0.2) is 0 Å². The van der Waals surface area contributed by atoms with Gasteiger partial charge in [-0.05, 0) is 13.8 Å². The fourth-order valence-electron chi connectivity index (χ4n) is 4.57. The Morgan fingerprint density at radius 2 is 2.00 bits per heavy atom. The van der Waals surface area contributed by atoms with Crippen molar-refractivity contribution in [3.05, 3.63) is 47.6 Å². The second-order valence-corrected chi connectivity index (χ2v) is 25.2. The van der Waals surface area contributed by atoms with Gasteiger partial charge < -0.3 is 0 Å². The van der Waals surface area contributed by atoms with Gasteiger partial charge in [-0.1, -0.05) is 0 Å². The van der Waals surface area contributed by atoms with Crippen molar-refractivity contribution in [2.75, 3.05) is 6.61 Å². The Labute approximate surface area is 197 Å². The van der Waals surface area contributed by atoms with Crippen molar-refractivity contribution < 1.29 is 14.2 Å². The van der Waals surface area contributed by atoms with Gasteiger partial charge in [0.2, 0.25) is 0 Å². The Bertz CT molecular complexity index is 1040. The number of fused-ring (bicyclic) bond motifs is 3. The van der Waals surface area contributed by atoms with E-state index in [9.17, 15) is 0 Å². The molecule has 2 aromatic carbocycles. The summed E-state index contributed by atoms with van der Waals surface area (Å²) in [6, 6.07) is 8.99. The van der Waals surface area contributed by atoms with Crippen LogP contribution in [0.5, 0.6) is 11.5 Å². The first-order chi connectivity index (χ1) is 15.1. The van der Waals surface area contributed by atoms with Gasteiger partial charge in [0.25, 0.3) is 0 Å². The summed E-state index contributed by atoms with van der Waals surface area (Å²) in [5, 5.41) is 2.47. The molecule has 172 valence electrons. The van der Waals surface area contributed by atoms with E-state index in [0.29, 0.717) is 0 Å². The molecule has 1 fully saturated rings. The van der Waals surface area contributed by atoms with E-state index < -0.39 is 18.4 Å². The molecule has 0 radical (unpaired) electrons. The molecule has 0 aliphatic carbocycles. The Morgan fingerprint density at radius 3 is 2.69 bits per heavy atom. The first-order valence-corrected chi connectivity index (χ1v) is 22.0. The van der Waals surface area contributed by atoms with Crippen molar-refractivity contribution in [1.82, 2.24) is 0 Å². The monoisotopic (exact) mass is 542 g/mol. The summed E-state index contributed by atoms with van der Waals surface area (Å²) in [6.07, 6.45) is 11.9. The number of hydrogen-bond donors (Lipinski definition) is 0. The van der Waals surface area contributed by atoms with E-state index in [4.69, 9.17) is 14.2 Å². The molecule has 0 N–H and O–H groups in total. The summed E-state index contributed by atoms with van der Waals surface area (Å²) >= 11 is -2.40. The van der Waals surface area contributed by atoms with Gasteiger partial charge in [-0.3, -0.25) is 0 Å². The molecule has 4 heteroatoms. The second kappa shape index (κ2) is 9.42. The average Bonchev–Trinajstić information content (AvgIpc) is 2.72. The van der Waals surface area contributed by atoms with Crippen molar-refractivity contribution in [3.8, 4) is 11.5 Å². The van der Waals surface area contributed by atoms with Crippen LogP contribution in [0, 0.1) is 0 Å². The van der Waals surface area contributed by atoms with Gasteiger partial charge in [0.05, 0.1) is 0 Å². The quantitative estimate of drug-likeness (QED) is 0.286. The van der Waals surface area contributed by atoms with Crippen LogP contribution < -0.4 is 13.1 Å². The fourth-order valence-corrected chi connectivity index (χ4v) is 8.74. The van der Waals surface area contributed by atoms with Crippen LogP contribution in [0.2, 0.25) is 14.8 Å². The molecule has 1 unspecified atom stereocenters. The molecule has 2 aromatic rings. The van der Waals surface area contributed by atoms with Crippen LogP contribution in [-0.2, 0) is 4.74 Å². The molecule has 4 rings (SSSR count). The molecule has 2 heterocycles. The van der Waals surface area contributed by atoms with Crippen molar-refractivity contribution in [3.63, 3.8) is 0 Å². The summed E-state index contributed by atoms with van der Waals surface area (Å²) in [6.45, 7) is 7.27. The third-order valence-corrected chi connectivity index (χ3v) is 12.2. The predicted octanol–water partition coefficient (Wildman–Crippen LogP) is 7.20. The Morgan fingerprint density at radius 1 is 1.19 bits per heavy atom. The molecule has 2 aliphatic rings. The average molecular weight is 541 g/mol. The van der Waals surface area contributed by atoms with Gasteiger partial charge in [0, 0.05) is 0 Å². The van der Waals surface area contributed by atoms with E-state index in [1.807, 2.05) is 0 Å². The first-order valence-electron chi connectivity index (χ1n) is 12.1. The van der Waals surface area contributed by atoms with E-state index in [2.05, 4.69) is 78.1 Å². The topological polar surface area (TPSA) is 27.7 Å². The Balaban J connectivity index is 1.71.